The van der Waals surface area contributed by atoms with Gasteiger partial charge in [0.05, 0.1) is 5.92 Å². The van der Waals surface area contributed by atoms with Gasteiger partial charge in [-0.2, -0.15) is 0 Å². The Balaban J connectivity index is 0.00000243. The SMILES string of the molecule is Cc1cc2c(cc1C)OC(C(=O)N1CCCC(C(=O)NCCN)C1)C2.Cl. The van der Waals surface area contributed by atoms with Crippen molar-refractivity contribution in [3.8, 4) is 5.75 Å². The van der Waals surface area contributed by atoms with Gasteiger partial charge in [0.25, 0.3) is 5.91 Å². The molecule has 7 heteroatoms. The van der Waals surface area contributed by atoms with Crippen LogP contribution in [0, 0.1) is 19.8 Å². The predicted octanol–water partition coefficient (Wildman–Crippen LogP) is 1.34. The number of hydrogen-bond acceptors (Lipinski definition) is 4. The summed E-state index contributed by atoms with van der Waals surface area (Å²) >= 11 is 0. The van der Waals surface area contributed by atoms with Crippen LogP contribution >= 0.6 is 12.4 Å². The number of piperidine rings is 1. The quantitative estimate of drug-likeness (QED) is 0.824. The molecule has 6 nitrogen and oxygen atoms in total. The highest BCUT2D eigenvalue weighted by atomic mass is 35.5. The number of carbonyl (C=O) groups is 2. The molecule has 1 fully saturated rings. The third kappa shape index (κ3) is 4.30. The van der Waals surface area contributed by atoms with Crippen molar-refractivity contribution in [1.82, 2.24) is 10.2 Å². The maximum atomic E-state index is 12.9. The third-order valence-electron chi connectivity index (χ3n) is 5.17. The van der Waals surface area contributed by atoms with Crippen molar-refractivity contribution in [3.05, 3.63) is 28.8 Å². The number of nitrogens with two attached hydrogens (primary N) is 1. The van der Waals surface area contributed by atoms with E-state index >= 15 is 0 Å². The molecule has 3 rings (SSSR count). The molecule has 2 heterocycles. The van der Waals surface area contributed by atoms with E-state index in [1.54, 1.807) is 4.90 Å². The molecule has 0 bridgehead atoms. The lowest BCUT2D eigenvalue weighted by atomic mass is 9.96. The standard InChI is InChI=1S/C19H27N3O3.ClH/c1-12-8-15-10-17(25-16(15)9-13(12)2)19(24)22-7-3-4-14(11-22)18(23)21-6-5-20;/h8-9,14,17H,3-7,10-11,20H2,1-2H3,(H,21,23);1H. The average molecular weight is 382 g/mol. The molecule has 1 aromatic rings. The number of carbonyl (C=O) groups excluding carboxylic acids is 2. The fraction of sp³-hybridized carbons (Fsp3) is 0.579. The van der Waals surface area contributed by atoms with Gasteiger partial charge in [-0.1, -0.05) is 6.07 Å². The molecule has 2 amide bonds. The predicted molar refractivity (Wildman–Crippen MR) is 103 cm³/mol. The summed E-state index contributed by atoms with van der Waals surface area (Å²) in [5.74, 6) is 0.640. The van der Waals surface area contributed by atoms with E-state index < -0.39 is 6.10 Å². The minimum atomic E-state index is -0.470. The molecule has 1 saturated heterocycles. The number of nitrogens with one attached hydrogen (secondary N) is 1. The van der Waals surface area contributed by atoms with Crippen LogP contribution in [0.3, 0.4) is 0 Å². The highest BCUT2D eigenvalue weighted by Crippen LogP contribution is 2.32. The molecular formula is C19H28ClN3O3. The van der Waals surface area contributed by atoms with Crippen LogP contribution in [-0.2, 0) is 16.0 Å². The highest BCUT2D eigenvalue weighted by molar-refractivity contribution is 5.85. The summed E-state index contributed by atoms with van der Waals surface area (Å²) in [4.78, 5) is 26.8. The number of fused-ring (bicyclic) bond motifs is 1. The monoisotopic (exact) mass is 381 g/mol. The first-order chi connectivity index (χ1) is 12.0. The minimum absolute atomic E-state index is 0. The van der Waals surface area contributed by atoms with Crippen molar-refractivity contribution < 1.29 is 14.3 Å². The number of aryl methyl sites for hydroxylation is 2. The second-order valence-corrected chi connectivity index (χ2v) is 7.06. The van der Waals surface area contributed by atoms with E-state index in [1.807, 2.05) is 13.0 Å². The second kappa shape index (κ2) is 8.73. The Kier molecular flexibility index (Phi) is 6.89. The van der Waals surface area contributed by atoms with Crippen molar-refractivity contribution >= 4 is 24.2 Å². The largest absolute Gasteiger partial charge is 0.480 e. The molecule has 0 aromatic heterocycles. The lowest BCUT2D eigenvalue weighted by molar-refractivity contribution is -0.141. The van der Waals surface area contributed by atoms with E-state index in [4.69, 9.17) is 10.5 Å². The maximum Gasteiger partial charge on any atom is 0.264 e. The van der Waals surface area contributed by atoms with Gasteiger partial charge in [-0.3, -0.25) is 9.59 Å². The zero-order chi connectivity index (χ0) is 18.0. The molecule has 26 heavy (non-hydrogen) atoms. The summed E-state index contributed by atoms with van der Waals surface area (Å²) in [6.07, 6.45) is 1.78. The second-order valence-electron chi connectivity index (χ2n) is 7.06. The van der Waals surface area contributed by atoms with Gasteiger partial charge in [0.1, 0.15) is 5.75 Å². The fourth-order valence-electron chi connectivity index (χ4n) is 3.59. The van der Waals surface area contributed by atoms with Crippen LogP contribution in [0.25, 0.3) is 0 Å². The Morgan fingerprint density at radius 3 is 2.77 bits per heavy atom. The van der Waals surface area contributed by atoms with Gasteiger partial charge in [-0.15, -0.1) is 12.4 Å². The van der Waals surface area contributed by atoms with Crippen molar-refractivity contribution in [2.75, 3.05) is 26.2 Å². The Bertz CT molecular complexity index is 649. The Labute approximate surface area is 160 Å². The summed E-state index contributed by atoms with van der Waals surface area (Å²) < 4.78 is 5.91. The normalized spacial score (nSPS) is 21.4. The number of amides is 2. The van der Waals surface area contributed by atoms with Gasteiger partial charge >= 0.3 is 0 Å². The fourth-order valence-corrected chi connectivity index (χ4v) is 3.59. The van der Waals surface area contributed by atoms with Crippen LogP contribution in [-0.4, -0.2) is 49.0 Å². The van der Waals surface area contributed by atoms with Crippen molar-refractivity contribution in [1.29, 1.82) is 0 Å². The Morgan fingerprint density at radius 2 is 2.04 bits per heavy atom. The van der Waals surface area contributed by atoms with Gasteiger partial charge in [-0.25, -0.2) is 0 Å². The van der Waals surface area contributed by atoms with Crippen molar-refractivity contribution in [2.24, 2.45) is 11.7 Å². The maximum absolute atomic E-state index is 12.9. The summed E-state index contributed by atoms with van der Waals surface area (Å²) in [5.41, 5.74) is 8.91. The molecule has 0 spiro atoms. The Hall–Kier alpha value is -1.79. The lowest BCUT2D eigenvalue weighted by Crippen LogP contribution is -2.49. The molecule has 0 aliphatic carbocycles. The number of likely N-dealkylation sites (tertiary alicyclic amines) is 1. The van der Waals surface area contributed by atoms with Crippen LogP contribution in [0.2, 0.25) is 0 Å². The first-order valence-corrected chi connectivity index (χ1v) is 9.03. The molecule has 0 saturated carbocycles. The van der Waals surface area contributed by atoms with E-state index in [0.29, 0.717) is 32.6 Å². The van der Waals surface area contributed by atoms with Gasteiger partial charge in [0.2, 0.25) is 5.91 Å². The van der Waals surface area contributed by atoms with Crippen LogP contribution < -0.4 is 15.8 Å². The molecule has 2 aliphatic heterocycles. The molecule has 1 aromatic carbocycles. The highest BCUT2D eigenvalue weighted by Gasteiger charge is 2.36. The van der Waals surface area contributed by atoms with Gasteiger partial charge < -0.3 is 20.7 Å². The smallest absolute Gasteiger partial charge is 0.264 e. The van der Waals surface area contributed by atoms with E-state index in [-0.39, 0.29) is 30.1 Å². The molecule has 2 atom stereocenters. The van der Waals surface area contributed by atoms with E-state index in [1.165, 1.54) is 11.1 Å². The van der Waals surface area contributed by atoms with E-state index in [9.17, 15) is 9.59 Å². The van der Waals surface area contributed by atoms with Crippen LogP contribution in [0.1, 0.15) is 29.5 Å². The Morgan fingerprint density at radius 1 is 1.31 bits per heavy atom. The number of halogens is 1. The van der Waals surface area contributed by atoms with Crippen LogP contribution in [0.5, 0.6) is 5.75 Å². The van der Waals surface area contributed by atoms with Gasteiger partial charge in [0, 0.05) is 32.6 Å². The van der Waals surface area contributed by atoms with Gasteiger partial charge in [-0.05, 0) is 49.4 Å². The molecule has 3 N–H and O–H groups in total. The number of rotatable bonds is 4. The minimum Gasteiger partial charge on any atom is -0.480 e. The average Bonchev–Trinajstić information content (AvgIpc) is 3.02. The summed E-state index contributed by atoms with van der Waals surface area (Å²) in [5, 5.41) is 2.82. The molecule has 0 radical (unpaired) electrons. The number of benzene rings is 1. The first-order valence-electron chi connectivity index (χ1n) is 9.03. The molecule has 144 valence electrons. The molecular weight excluding hydrogens is 354 g/mol. The van der Waals surface area contributed by atoms with E-state index in [0.717, 1.165) is 24.2 Å². The number of ether oxygens (including phenoxy) is 1. The molecule has 2 aliphatic rings. The first kappa shape index (κ1) is 20.5. The summed E-state index contributed by atoms with van der Waals surface area (Å²) in [6, 6.07) is 4.12. The van der Waals surface area contributed by atoms with Crippen molar-refractivity contribution in [3.63, 3.8) is 0 Å². The topological polar surface area (TPSA) is 84.7 Å². The van der Waals surface area contributed by atoms with E-state index in [2.05, 4.69) is 18.3 Å². The molecule has 2 unspecified atom stereocenters. The zero-order valence-electron chi connectivity index (χ0n) is 15.4. The summed E-state index contributed by atoms with van der Waals surface area (Å²) in [7, 11) is 0. The number of nitrogens with zero attached hydrogens (tertiary/aromatic N) is 1. The number of hydrogen-bond donors (Lipinski definition) is 2. The van der Waals surface area contributed by atoms with Crippen molar-refractivity contribution in [2.45, 2.75) is 39.2 Å². The van der Waals surface area contributed by atoms with Crippen LogP contribution in [0.4, 0.5) is 0 Å². The lowest BCUT2D eigenvalue weighted by Gasteiger charge is -2.33. The zero-order valence-corrected chi connectivity index (χ0v) is 16.2. The van der Waals surface area contributed by atoms with Gasteiger partial charge in [0.15, 0.2) is 6.10 Å². The summed E-state index contributed by atoms with van der Waals surface area (Å²) in [6.45, 7) is 6.16. The van der Waals surface area contributed by atoms with Crippen LogP contribution in [0.15, 0.2) is 12.1 Å². The third-order valence-corrected chi connectivity index (χ3v) is 5.17.